The van der Waals surface area contributed by atoms with E-state index < -0.39 is 17.8 Å². The van der Waals surface area contributed by atoms with Crippen LogP contribution in [0.15, 0.2) is 94.6 Å². The number of aromatic nitrogens is 2. The number of amides is 1. The molecule has 0 aliphatic carbocycles. The summed E-state index contributed by atoms with van der Waals surface area (Å²) in [5, 5.41) is 21.2. The predicted molar refractivity (Wildman–Crippen MR) is 132 cm³/mol. The molecule has 0 unspecified atom stereocenters. The van der Waals surface area contributed by atoms with E-state index in [-0.39, 0.29) is 30.1 Å². The van der Waals surface area contributed by atoms with Crippen molar-refractivity contribution in [2.45, 2.75) is 25.6 Å². The third kappa shape index (κ3) is 7.19. The summed E-state index contributed by atoms with van der Waals surface area (Å²) >= 11 is 0. The molecule has 0 saturated carbocycles. The third-order valence-electron chi connectivity index (χ3n) is 5.62. The molecular formula is C27H24F3N5O3. The fraction of sp³-hybridized carbons (Fsp3) is 0.185. The first-order valence-corrected chi connectivity index (χ1v) is 11.6. The molecule has 2 N–H and O–H groups in total. The molecule has 0 spiro atoms. The number of alkyl halides is 3. The first kappa shape index (κ1) is 26.4. The Bertz CT molecular complexity index is 1400. The van der Waals surface area contributed by atoms with Gasteiger partial charge in [-0.1, -0.05) is 60.7 Å². The highest BCUT2D eigenvalue weighted by Crippen LogP contribution is 2.30. The topological polar surface area (TPSA) is 106 Å². The van der Waals surface area contributed by atoms with Gasteiger partial charge in [0.05, 0.1) is 18.1 Å². The van der Waals surface area contributed by atoms with Gasteiger partial charge in [0.25, 0.3) is 6.20 Å². The standard InChI is InChI=1S/C27H24F3N5O3/c1-18(36)31-16-24(14-19-10-12-21(13-11-19)20-6-3-2-4-7-20)35-17-25(38-34-35)33-26(37)32-23-9-5-8-22(15-23)27(28,29)30/h2-13,15,17,24H,14,16H2,1H3,(H2-,31,32,33,34,36,37)/t24-/m1/s1. The van der Waals surface area contributed by atoms with Crippen molar-refractivity contribution in [2.24, 2.45) is 4.99 Å². The van der Waals surface area contributed by atoms with E-state index in [0.717, 1.165) is 28.8 Å². The summed E-state index contributed by atoms with van der Waals surface area (Å²) in [6.07, 6.45) is -2.67. The molecule has 1 amide bonds. The van der Waals surface area contributed by atoms with E-state index in [1.165, 1.54) is 29.9 Å². The number of benzene rings is 3. The molecule has 0 bridgehead atoms. The number of rotatable bonds is 8. The Morgan fingerprint density at radius 3 is 2.45 bits per heavy atom. The lowest BCUT2D eigenvalue weighted by Crippen LogP contribution is -2.47. The van der Waals surface area contributed by atoms with E-state index in [4.69, 9.17) is 4.52 Å². The van der Waals surface area contributed by atoms with Crippen molar-refractivity contribution in [1.29, 1.82) is 0 Å². The molecule has 8 nitrogen and oxygen atoms in total. The Balaban J connectivity index is 1.48. The minimum Gasteiger partial charge on any atom is -0.846 e. The molecule has 3 aromatic carbocycles. The molecule has 1 aromatic heterocycles. The van der Waals surface area contributed by atoms with Gasteiger partial charge in [0.1, 0.15) is 0 Å². The highest BCUT2D eigenvalue weighted by Gasteiger charge is 2.30. The van der Waals surface area contributed by atoms with Gasteiger partial charge in [-0.2, -0.15) is 13.2 Å². The van der Waals surface area contributed by atoms with Gasteiger partial charge in [0.2, 0.25) is 17.2 Å². The Morgan fingerprint density at radius 2 is 1.76 bits per heavy atom. The Labute approximate surface area is 216 Å². The molecule has 4 aromatic rings. The number of nitrogens with zero attached hydrogens (tertiary/aromatic N) is 3. The molecule has 0 aliphatic rings. The monoisotopic (exact) mass is 523 g/mol. The van der Waals surface area contributed by atoms with Gasteiger partial charge >= 0.3 is 12.1 Å². The zero-order valence-electron chi connectivity index (χ0n) is 20.3. The van der Waals surface area contributed by atoms with Crippen molar-refractivity contribution in [3.05, 3.63) is 96.2 Å². The lowest BCUT2D eigenvalue weighted by Gasteiger charge is -2.14. The highest BCUT2D eigenvalue weighted by molar-refractivity contribution is 5.87. The zero-order chi connectivity index (χ0) is 27.1. The van der Waals surface area contributed by atoms with E-state index in [0.29, 0.717) is 6.42 Å². The Hall–Kier alpha value is -4.67. The predicted octanol–water partition coefficient (Wildman–Crippen LogP) is 4.03. The molecule has 0 radical (unpaired) electrons. The number of halogens is 3. The minimum atomic E-state index is -4.54. The lowest BCUT2D eigenvalue weighted by molar-refractivity contribution is -0.783. The molecule has 11 heteroatoms. The van der Waals surface area contributed by atoms with Crippen LogP contribution in [0.1, 0.15) is 24.1 Å². The molecule has 0 fully saturated rings. The average Bonchev–Trinajstić information content (AvgIpc) is 3.35. The molecule has 1 heterocycles. The number of carbonyl (C=O) groups is 1. The van der Waals surface area contributed by atoms with Gasteiger partial charge < -0.3 is 15.7 Å². The molecule has 0 aliphatic heterocycles. The first-order valence-electron chi connectivity index (χ1n) is 11.6. The van der Waals surface area contributed by atoms with Crippen LogP contribution in [0.2, 0.25) is 0 Å². The zero-order valence-corrected chi connectivity index (χ0v) is 20.3. The first-order chi connectivity index (χ1) is 18.2. The molecule has 38 heavy (non-hydrogen) atoms. The maximum absolute atomic E-state index is 12.9. The van der Waals surface area contributed by atoms with Gasteiger partial charge in [-0.25, -0.2) is 4.99 Å². The minimum absolute atomic E-state index is 0.0662. The van der Waals surface area contributed by atoms with Crippen molar-refractivity contribution < 1.29 is 32.3 Å². The maximum Gasteiger partial charge on any atom is 0.416 e. The molecule has 4 rings (SSSR count). The van der Waals surface area contributed by atoms with Crippen molar-refractivity contribution in [2.75, 3.05) is 11.9 Å². The van der Waals surface area contributed by atoms with Crippen LogP contribution in [0.4, 0.5) is 24.7 Å². The van der Waals surface area contributed by atoms with Crippen molar-refractivity contribution in [3.63, 3.8) is 0 Å². The quantitative estimate of drug-likeness (QED) is 0.206. The maximum atomic E-state index is 12.9. The van der Waals surface area contributed by atoms with Gasteiger partial charge in [0.15, 0.2) is 0 Å². The fourth-order valence-corrected chi connectivity index (χ4v) is 3.75. The second kappa shape index (κ2) is 11.6. The summed E-state index contributed by atoms with van der Waals surface area (Å²) in [6, 6.07) is 20.8. The van der Waals surface area contributed by atoms with Crippen LogP contribution < -0.4 is 20.4 Å². The number of amidine groups is 1. The summed E-state index contributed by atoms with van der Waals surface area (Å²) in [5.41, 5.74) is 2.18. The van der Waals surface area contributed by atoms with Crippen LogP contribution in [0, 0.1) is 0 Å². The molecule has 196 valence electrons. The number of nitrogens with one attached hydrogen (secondary N) is 2. The van der Waals surface area contributed by atoms with E-state index in [9.17, 15) is 23.1 Å². The Kier molecular flexibility index (Phi) is 8.05. The number of carbonyl (C=O) groups excluding carboxylic acids is 1. The van der Waals surface area contributed by atoms with Crippen LogP contribution in [0.3, 0.4) is 0 Å². The summed E-state index contributed by atoms with van der Waals surface area (Å²) in [7, 11) is 0. The third-order valence-corrected chi connectivity index (χ3v) is 5.62. The van der Waals surface area contributed by atoms with Crippen molar-refractivity contribution in [1.82, 2.24) is 10.6 Å². The van der Waals surface area contributed by atoms with Crippen LogP contribution in [-0.2, 0) is 17.4 Å². The van der Waals surface area contributed by atoms with Gasteiger partial charge in [0, 0.05) is 19.0 Å². The van der Waals surface area contributed by atoms with Gasteiger partial charge in [-0.15, -0.1) is 0 Å². The fourth-order valence-electron chi connectivity index (χ4n) is 3.75. The van der Waals surface area contributed by atoms with Gasteiger partial charge in [-0.3, -0.25) is 9.32 Å². The molecule has 0 saturated heterocycles. The normalized spacial score (nSPS) is 12.7. The number of hydrogen-bond acceptors (Lipinski definition) is 5. The second-order valence-electron chi connectivity index (χ2n) is 8.50. The molecule has 1 atom stereocenters. The van der Waals surface area contributed by atoms with E-state index in [2.05, 4.69) is 20.9 Å². The van der Waals surface area contributed by atoms with E-state index in [1.54, 1.807) is 0 Å². The summed E-state index contributed by atoms with van der Waals surface area (Å²) in [4.78, 5) is 15.3. The lowest BCUT2D eigenvalue weighted by atomic mass is 10.0. The van der Waals surface area contributed by atoms with E-state index in [1.807, 2.05) is 54.6 Å². The van der Waals surface area contributed by atoms with Crippen LogP contribution in [-0.4, -0.2) is 23.7 Å². The Morgan fingerprint density at radius 1 is 1.05 bits per heavy atom. The highest BCUT2D eigenvalue weighted by atomic mass is 19.4. The van der Waals surface area contributed by atoms with E-state index >= 15 is 0 Å². The number of hydrogen-bond donors (Lipinski definition) is 2. The van der Waals surface area contributed by atoms with Crippen molar-refractivity contribution >= 4 is 23.5 Å². The number of anilines is 1. The molecular weight excluding hydrogens is 499 g/mol. The van der Waals surface area contributed by atoms with Crippen LogP contribution in [0.5, 0.6) is 0 Å². The second-order valence-corrected chi connectivity index (χ2v) is 8.50. The summed E-state index contributed by atoms with van der Waals surface area (Å²) in [5.74, 6) is -0.370. The van der Waals surface area contributed by atoms with Crippen LogP contribution in [0.25, 0.3) is 11.1 Å². The number of aliphatic imine (C=N–C) groups is 1. The van der Waals surface area contributed by atoms with Crippen molar-refractivity contribution in [3.8, 4) is 11.1 Å². The summed E-state index contributed by atoms with van der Waals surface area (Å²) in [6.45, 7) is 1.64. The van der Waals surface area contributed by atoms with Gasteiger partial charge in [-0.05, 0) is 39.6 Å². The smallest absolute Gasteiger partial charge is 0.416 e. The SMILES string of the molecule is CC(=O)NC[C@@H](Cc1ccc(-c2ccccc2)cc1)[n+]1cc(N=C([O-])Nc2cccc(C(F)(F)F)c2)on1. The van der Waals surface area contributed by atoms with Crippen LogP contribution >= 0.6 is 0 Å². The average molecular weight is 524 g/mol. The summed E-state index contributed by atoms with van der Waals surface area (Å²) < 4.78 is 45.3. The largest absolute Gasteiger partial charge is 0.846 e.